The van der Waals surface area contributed by atoms with Gasteiger partial charge >= 0.3 is 55.7 Å². The van der Waals surface area contributed by atoms with Gasteiger partial charge in [-0.3, -0.25) is 0 Å². The summed E-state index contributed by atoms with van der Waals surface area (Å²) in [4.78, 5) is 0. The second kappa shape index (κ2) is 2.90. The summed E-state index contributed by atoms with van der Waals surface area (Å²) in [6.07, 6.45) is 4.59. The quantitative estimate of drug-likeness (QED) is 0.343. The molecule has 1 fully saturated rings. The van der Waals surface area contributed by atoms with Crippen molar-refractivity contribution in [1.29, 1.82) is 0 Å². The van der Waals surface area contributed by atoms with E-state index >= 15 is 0 Å². The molecule has 0 spiro atoms. The molecular weight excluding hydrogens is 199 g/mol. The SMILES string of the molecule is C[C@@H]1CCCC[I-]1. The molecule has 1 heteroatoms. The van der Waals surface area contributed by atoms with E-state index in [1.165, 1.54) is 19.3 Å². The number of hydrogen-bond donors (Lipinski definition) is 0. The fraction of sp³-hybridized carbons (Fsp3) is 1.00. The number of halogens is 1. The number of alkyl halides is 2. The van der Waals surface area contributed by atoms with Crippen molar-refractivity contribution in [2.45, 2.75) is 30.1 Å². The Hall–Kier alpha value is 0.730. The Morgan fingerprint density at radius 2 is 2.29 bits per heavy atom. The summed E-state index contributed by atoms with van der Waals surface area (Å²) in [5.74, 6) is 0. The molecule has 1 atom stereocenters. The van der Waals surface area contributed by atoms with Crippen LogP contribution in [0.4, 0.5) is 0 Å². The summed E-state index contributed by atoms with van der Waals surface area (Å²) >= 11 is 0.652. The second-order valence-corrected chi connectivity index (χ2v) is 6.21. The third kappa shape index (κ3) is 1.98. The van der Waals surface area contributed by atoms with E-state index in [0.29, 0.717) is 21.2 Å². The monoisotopic (exact) mass is 211 g/mol. The molecule has 1 aliphatic heterocycles. The van der Waals surface area contributed by atoms with Crippen molar-refractivity contribution in [3.63, 3.8) is 0 Å². The summed E-state index contributed by atoms with van der Waals surface area (Å²) in [6, 6.07) is 0. The van der Waals surface area contributed by atoms with Crippen LogP contribution in [0.25, 0.3) is 0 Å². The Labute approximate surface area is 55.9 Å². The van der Waals surface area contributed by atoms with Crippen molar-refractivity contribution >= 4 is 0 Å². The zero-order valence-corrected chi connectivity index (χ0v) is 6.94. The fourth-order valence-corrected chi connectivity index (χ4v) is 3.78. The van der Waals surface area contributed by atoms with Gasteiger partial charge in [0.1, 0.15) is 0 Å². The normalized spacial score (nSPS) is 34.1. The molecule has 0 nitrogen and oxygen atoms in total. The molecule has 0 amide bonds. The molecule has 0 unspecified atom stereocenters. The summed E-state index contributed by atoms with van der Waals surface area (Å²) in [6.45, 7) is 2.41. The molecule has 1 rings (SSSR count). The van der Waals surface area contributed by atoms with Crippen molar-refractivity contribution in [1.82, 2.24) is 0 Å². The van der Waals surface area contributed by atoms with Crippen LogP contribution in [0.3, 0.4) is 0 Å². The molecule has 1 heterocycles. The molecule has 0 aliphatic carbocycles. The van der Waals surface area contributed by atoms with E-state index in [1.54, 1.807) is 4.43 Å². The van der Waals surface area contributed by atoms with Gasteiger partial charge in [-0.25, -0.2) is 0 Å². The minimum absolute atomic E-state index is 0.652. The van der Waals surface area contributed by atoms with E-state index in [9.17, 15) is 0 Å². The van der Waals surface area contributed by atoms with Gasteiger partial charge in [0, 0.05) is 0 Å². The Kier molecular flexibility index (Phi) is 2.43. The summed E-state index contributed by atoms with van der Waals surface area (Å²) < 4.78 is 2.74. The molecule has 0 saturated carbocycles. The Bertz CT molecular complexity index is 46.1. The first kappa shape index (κ1) is 5.86. The van der Waals surface area contributed by atoms with Gasteiger partial charge in [0.2, 0.25) is 0 Å². The average molecular weight is 211 g/mol. The predicted molar refractivity (Wildman–Crippen MR) is 28.2 cm³/mol. The molecule has 0 N–H and O–H groups in total. The average Bonchev–Trinajstić information content (AvgIpc) is 1.69. The topological polar surface area (TPSA) is 0 Å². The summed E-state index contributed by atoms with van der Waals surface area (Å²) in [7, 11) is 0. The van der Waals surface area contributed by atoms with Gasteiger partial charge in [0.25, 0.3) is 0 Å². The van der Waals surface area contributed by atoms with Crippen LogP contribution < -0.4 is 21.2 Å². The maximum absolute atomic E-state index is 2.41. The van der Waals surface area contributed by atoms with Gasteiger partial charge in [-0.05, 0) is 0 Å². The Balaban J connectivity index is 2.12. The molecule has 0 radical (unpaired) electrons. The predicted octanol–water partition coefficient (Wildman–Crippen LogP) is -1.35. The first-order valence-corrected chi connectivity index (χ1v) is 5.74. The van der Waals surface area contributed by atoms with E-state index in [-0.39, 0.29) is 0 Å². The first-order valence-electron chi connectivity index (χ1n) is 2.97. The van der Waals surface area contributed by atoms with E-state index in [1.807, 2.05) is 0 Å². The van der Waals surface area contributed by atoms with E-state index in [0.717, 1.165) is 3.92 Å². The Morgan fingerprint density at radius 3 is 2.57 bits per heavy atom. The third-order valence-electron chi connectivity index (χ3n) is 1.36. The Morgan fingerprint density at radius 1 is 1.43 bits per heavy atom. The second-order valence-electron chi connectivity index (χ2n) is 2.12. The maximum atomic E-state index is 2.41. The van der Waals surface area contributed by atoms with Gasteiger partial charge in [0.15, 0.2) is 0 Å². The van der Waals surface area contributed by atoms with Crippen LogP contribution in [-0.2, 0) is 0 Å². The summed E-state index contributed by atoms with van der Waals surface area (Å²) in [5, 5.41) is 0. The van der Waals surface area contributed by atoms with Crippen LogP contribution in [0.1, 0.15) is 26.2 Å². The van der Waals surface area contributed by atoms with Gasteiger partial charge in [-0.1, -0.05) is 0 Å². The van der Waals surface area contributed by atoms with E-state index in [4.69, 9.17) is 0 Å². The minimum atomic E-state index is 0.652. The van der Waals surface area contributed by atoms with Crippen molar-refractivity contribution in [2.75, 3.05) is 4.43 Å². The van der Waals surface area contributed by atoms with E-state index in [2.05, 4.69) is 6.92 Å². The molecule has 1 aliphatic rings. The van der Waals surface area contributed by atoms with Crippen molar-refractivity contribution in [3.8, 4) is 0 Å². The van der Waals surface area contributed by atoms with E-state index < -0.39 is 0 Å². The van der Waals surface area contributed by atoms with Crippen LogP contribution in [0.2, 0.25) is 0 Å². The summed E-state index contributed by atoms with van der Waals surface area (Å²) in [5.41, 5.74) is 0. The van der Waals surface area contributed by atoms with Crippen LogP contribution in [0, 0.1) is 0 Å². The molecular formula is C6H12I-. The number of hydrogen-bond acceptors (Lipinski definition) is 0. The van der Waals surface area contributed by atoms with Gasteiger partial charge in [-0.15, -0.1) is 0 Å². The molecule has 0 bridgehead atoms. The van der Waals surface area contributed by atoms with Gasteiger partial charge in [0.05, 0.1) is 0 Å². The van der Waals surface area contributed by atoms with Crippen LogP contribution in [-0.4, -0.2) is 8.35 Å². The zero-order valence-electron chi connectivity index (χ0n) is 4.78. The standard InChI is InChI=1S/C6H12I/c1-6-4-2-3-5-7-6/h6H,2-5H2,1H3/q-1/t6-/m1/s1. The van der Waals surface area contributed by atoms with Crippen molar-refractivity contribution in [3.05, 3.63) is 0 Å². The first-order chi connectivity index (χ1) is 3.39. The van der Waals surface area contributed by atoms with Crippen LogP contribution in [0.15, 0.2) is 0 Å². The molecule has 1 saturated heterocycles. The fourth-order valence-electron chi connectivity index (χ4n) is 0.861. The van der Waals surface area contributed by atoms with Crippen molar-refractivity contribution in [2.24, 2.45) is 0 Å². The third-order valence-corrected chi connectivity index (χ3v) is 4.87. The van der Waals surface area contributed by atoms with Gasteiger partial charge in [-0.2, -0.15) is 0 Å². The molecule has 44 valence electrons. The molecule has 0 aromatic heterocycles. The zero-order chi connectivity index (χ0) is 5.11. The number of rotatable bonds is 0. The molecule has 7 heavy (non-hydrogen) atoms. The molecule has 0 aromatic carbocycles. The van der Waals surface area contributed by atoms with Crippen LogP contribution in [0.5, 0.6) is 0 Å². The van der Waals surface area contributed by atoms with Crippen LogP contribution >= 0.6 is 0 Å². The van der Waals surface area contributed by atoms with Crippen molar-refractivity contribution < 1.29 is 21.2 Å². The van der Waals surface area contributed by atoms with Gasteiger partial charge < -0.3 is 0 Å². The molecule has 0 aromatic rings.